The van der Waals surface area contributed by atoms with E-state index in [9.17, 15) is 5.11 Å². The van der Waals surface area contributed by atoms with Gasteiger partial charge in [-0.25, -0.2) is 0 Å². The summed E-state index contributed by atoms with van der Waals surface area (Å²) in [6, 6.07) is 6.51. The highest BCUT2D eigenvalue weighted by Crippen LogP contribution is 2.57. The summed E-state index contributed by atoms with van der Waals surface area (Å²) in [6.45, 7) is 2.46. The summed E-state index contributed by atoms with van der Waals surface area (Å²) in [7, 11) is 1.78. The van der Waals surface area contributed by atoms with E-state index in [4.69, 9.17) is 4.74 Å². The molecule has 0 aliphatic heterocycles. The van der Waals surface area contributed by atoms with E-state index >= 15 is 0 Å². The Kier molecular flexibility index (Phi) is 3.34. The first kappa shape index (κ1) is 14.3. The second kappa shape index (κ2) is 5.13. The van der Waals surface area contributed by atoms with Crippen molar-refractivity contribution >= 4 is 5.57 Å². The minimum absolute atomic E-state index is 0.0730. The molecule has 0 amide bonds. The zero-order valence-electron chi connectivity index (χ0n) is 13.7. The van der Waals surface area contributed by atoms with Gasteiger partial charge in [0.25, 0.3) is 0 Å². The van der Waals surface area contributed by atoms with Gasteiger partial charge in [0.2, 0.25) is 0 Å². The summed E-state index contributed by atoms with van der Waals surface area (Å²) < 4.78 is 5.58. The zero-order valence-corrected chi connectivity index (χ0v) is 13.7. The van der Waals surface area contributed by atoms with Crippen molar-refractivity contribution in [3.8, 4) is 5.75 Å². The van der Waals surface area contributed by atoms with Crippen LogP contribution in [0.15, 0.2) is 23.8 Å². The van der Waals surface area contributed by atoms with Crippen molar-refractivity contribution < 1.29 is 9.84 Å². The van der Waals surface area contributed by atoms with E-state index in [2.05, 4.69) is 25.1 Å². The minimum Gasteiger partial charge on any atom is -0.496 e. The van der Waals surface area contributed by atoms with E-state index < -0.39 is 0 Å². The van der Waals surface area contributed by atoms with Gasteiger partial charge >= 0.3 is 0 Å². The summed E-state index contributed by atoms with van der Waals surface area (Å²) in [5, 5.41) is 10.1. The Balaban J connectivity index is 1.81. The van der Waals surface area contributed by atoms with Crippen molar-refractivity contribution in [2.24, 2.45) is 11.3 Å². The Morgan fingerprint density at radius 2 is 2.05 bits per heavy atom. The van der Waals surface area contributed by atoms with Gasteiger partial charge in [0, 0.05) is 5.56 Å². The molecule has 118 valence electrons. The van der Waals surface area contributed by atoms with Crippen LogP contribution in [-0.2, 0) is 6.42 Å². The molecule has 22 heavy (non-hydrogen) atoms. The predicted octanol–water partition coefficient (Wildman–Crippen LogP) is 4.36. The Hall–Kier alpha value is -1.28. The number of aliphatic hydroxyl groups excluding tert-OH is 1. The van der Waals surface area contributed by atoms with E-state index in [1.54, 1.807) is 18.3 Å². The number of ether oxygens (including phenoxy) is 1. The Morgan fingerprint density at radius 3 is 2.86 bits per heavy atom. The fourth-order valence-electron chi connectivity index (χ4n) is 5.31. The van der Waals surface area contributed by atoms with Gasteiger partial charge in [-0.3, -0.25) is 0 Å². The van der Waals surface area contributed by atoms with Gasteiger partial charge in [0.15, 0.2) is 0 Å². The summed E-state index contributed by atoms with van der Waals surface area (Å²) in [5.41, 5.74) is 6.44. The third-order valence-corrected chi connectivity index (χ3v) is 6.55. The molecule has 0 heterocycles. The van der Waals surface area contributed by atoms with Gasteiger partial charge in [0.1, 0.15) is 5.75 Å². The molecule has 0 bridgehead atoms. The molecule has 3 aliphatic rings. The van der Waals surface area contributed by atoms with E-state index in [1.807, 2.05) is 0 Å². The lowest BCUT2D eigenvalue weighted by Crippen LogP contribution is -2.41. The van der Waals surface area contributed by atoms with E-state index in [-0.39, 0.29) is 6.10 Å². The van der Waals surface area contributed by atoms with E-state index in [0.29, 0.717) is 11.3 Å². The van der Waals surface area contributed by atoms with Crippen LogP contribution < -0.4 is 4.74 Å². The summed E-state index contributed by atoms with van der Waals surface area (Å²) in [6.07, 6.45) is 7.71. The van der Waals surface area contributed by atoms with Crippen LogP contribution in [0.5, 0.6) is 5.75 Å². The van der Waals surface area contributed by atoms with Crippen molar-refractivity contribution in [1.82, 2.24) is 0 Å². The zero-order chi connectivity index (χ0) is 15.3. The number of benzene rings is 1. The molecule has 3 aliphatic carbocycles. The van der Waals surface area contributed by atoms with Crippen LogP contribution in [-0.4, -0.2) is 18.3 Å². The Labute approximate surface area is 133 Å². The maximum Gasteiger partial charge on any atom is 0.122 e. The van der Waals surface area contributed by atoms with Gasteiger partial charge in [-0.2, -0.15) is 0 Å². The fraction of sp³-hybridized carbons (Fsp3) is 0.600. The standard InChI is InChI=1S/C20H26O2/c1-20-11-10-14(21)12-13(20)6-7-16-15-4-3-5-19(22-2)17(15)8-9-18(16)20/h3-5,13-14,21H,6-12H2,1-2H3/t13-,14+,20+/m0/s1. The first-order valence-corrected chi connectivity index (χ1v) is 8.70. The average molecular weight is 298 g/mol. The number of rotatable bonds is 1. The highest BCUT2D eigenvalue weighted by molar-refractivity contribution is 5.76. The van der Waals surface area contributed by atoms with Crippen LogP contribution in [0.25, 0.3) is 5.57 Å². The molecule has 4 rings (SSSR count). The number of methoxy groups -OCH3 is 1. The normalized spacial score (nSPS) is 33.8. The van der Waals surface area contributed by atoms with Gasteiger partial charge in [-0.1, -0.05) is 24.6 Å². The molecular weight excluding hydrogens is 272 g/mol. The highest BCUT2D eigenvalue weighted by atomic mass is 16.5. The van der Waals surface area contributed by atoms with Crippen molar-refractivity contribution in [3.63, 3.8) is 0 Å². The minimum atomic E-state index is -0.0730. The van der Waals surface area contributed by atoms with Crippen molar-refractivity contribution in [1.29, 1.82) is 0 Å². The summed E-state index contributed by atoms with van der Waals surface area (Å²) in [4.78, 5) is 0. The first-order chi connectivity index (χ1) is 10.6. The SMILES string of the molecule is COc1cccc2c1CCC1=C2CC[C@H]2C[C@H](O)CC[C@@]12C. The molecule has 3 atom stereocenters. The van der Waals surface area contributed by atoms with Gasteiger partial charge in [0.05, 0.1) is 13.2 Å². The summed E-state index contributed by atoms with van der Waals surface area (Å²) >= 11 is 0. The second-order valence-corrected chi connectivity index (χ2v) is 7.52. The van der Waals surface area contributed by atoms with E-state index in [1.165, 1.54) is 30.4 Å². The average Bonchev–Trinajstić information content (AvgIpc) is 2.54. The number of hydrogen-bond donors (Lipinski definition) is 1. The third-order valence-electron chi connectivity index (χ3n) is 6.55. The molecule has 0 aromatic heterocycles. The molecule has 1 aromatic carbocycles. The van der Waals surface area contributed by atoms with Crippen molar-refractivity contribution in [2.75, 3.05) is 7.11 Å². The van der Waals surface area contributed by atoms with Crippen LogP contribution in [0.2, 0.25) is 0 Å². The largest absolute Gasteiger partial charge is 0.496 e. The third kappa shape index (κ3) is 1.96. The Bertz CT molecular complexity index is 631. The summed E-state index contributed by atoms with van der Waals surface area (Å²) in [5.74, 6) is 1.72. The topological polar surface area (TPSA) is 29.5 Å². The molecule has 0 unspecified atom stereocenters. The highest BCUT2D eigenvalue weighted by Gasteiger charge is 2.46. The molecule has 1 fully saturated rings. The van der Waals surface area contributed by atoms with Crippen LogP contribution in [0, 0.1) is 11.3 Å². The number of fused-ring (bicyclic) bond motifs is 4. The van der Waals surface area contributed by atoms with Crippen LogP contribution >= 0.6 is 0 Å². The Morgan fingerprint density at radius 1 is 1.18 bits per heavy atom. The lowest BCUT2D eigenvalue weighted by Gasteiger charge is -2.50. The lowest BCUT2D eigenvalue weighted by molar-refractivity contribution is 0.0290. The van der Waals surface area contributed by atoms with E-state index in [0.717, 1.165) is 31.4 Å². The lowest BCUT2D eigenvalue weighted by atomic mass is 9.55. The molecule has 1 aromatic rings. The number of hydrogen-bond acceptors (Lipinski definition) is 2. The molecule has 1 saturated carbocycles. The predicted molar refractivity (Wildman–Crippen MR) is 88.9 cm³/mol. The van der Waals surface area contributed by atoms with Gasteiger partial charge < -0.3 is 9.84 Å². The molecule has 1 N–H and O–H groups in total. The molecule has 0 spiro atoms. The first-order valence-electron chi connectivity index (χ1n) is 8.70. The van der Waals surface area contributed by atoms with Crippen LogP contribution in [0.1, 0.15) is 56.6 Å². The van der Waals surface area contributed by atoms with Crippen LogP contribution in [0.4, 0.5) is 0 Å². The monoisotopic (exact) mass is 298 g/mol. The maximum atomic E-state index is 10.1. The van der Waals surface area contributed by atoms with Gasteiger partial charge in [-0.05, 0) is 73.5 Å². The van der Waals surface area contributed by atoms with Gasteiger partial charge in [-0.15, -0.1) is 0 Å². The molecule has 2 nitrogen and oxygen atoms in total. The molecule has 2 heteroatoms. The molecule has 0 radical (unpaired) electrons. The molecule has 0 saturated heterocycles. The molecular formula is C20H26O2. The van der Waals surface area contributed by atoms with Crippen molar-refractivity contribution in [3.05, 3.63) is 34.9 Å². The smallest absolute Gasteiger partial charge is 0.122 e. The van der Waals surface area contributed by atoms with Crippen LogP contribution in [0.3, 0.4) is 0 Å². The maximum absolute atomic E-state index is 10.1. The second-order valence-electron chi connectivity index (χ2n) is 7.52. The van der Waals surface area contributed by atoms with Crippen molar-refractivity contribution in [2.45, 2.75) is 58.0 Å². The quantitative estimate of drug-likeness (QED) is 0.835. The fourth-order valence-corrected chi connectivity index (χ4v) is 5.31. The number of aliphatic hydroxyl groups is 1. The number of allylic oxidation sites excluding steroid dienone is 2.